The van der Waals surface area contributed by atoms with Crippen LogP contribution in [0, 0.1) is 5.82 Å². The predicted octanol–water partition coefficient (Wildman–Crippen LogP) is 0.982. The van der Waals surface area contributed by atoms with Crippen molar-refractivity contribution in [1.82, 2.24) is 9.80 Å². The Morgan fingerprint density at radius 1 is 1.23 bits per heavy atom. The number of hydrogen-bond acceptors (Lipinski definition) is 5. The molecule has 2 heterocycles. The van der Waals surface area contributed by atoms with Crippen LogP contribution in [0.4, 0.5) is 10.1 Å². The second kappa shape index (κ2) is 7.52. The Hall–Kier alpha value is -1.67. The molecule has 0 spiro atoms. The summed E-state index contributed by atoms with van der Waals surface area (Å²) in [5, 5.41) is 0. The molecule has 2 fully saturated rings. The van der Waals surface area contributed by atoms with Gasteiger partial charge in [0.05, 0.1) is 23.2 Å². The number of piperazine rings is 1. The van der Waals surface area contributed by atoms with E-state index >= 15 is 0 Å². The standard InChI is InChI=1S/C18H26FN3O3S/c1-14(18(23)20(2)15-7-12-26(24,25)13-15)21-8-10-22(11-9-21)17-6-4-3-5-16(17)19/h3-6,14-15H,7-13H2,1-2H3/t14-,15-/m0/s1. The number of benzene rings is 1. The van der Waals surface area contributed by atoms with Gasteiger partial charge < -0.3 is 9.80 Å². The lowest BCUT2D eigenvalue weighted by molar-refractivity contribution is -0.136. The number of carbonyl (C=O) groups is 1. The van der Waals surface area contributed by atoms with Gasteiger partial charge in [-0.3, -0.25) is 9.69 Å². The molecular formula is C18H26FN3O3S. The molecule has 1 aromatic carbocycles. The zero-order valence-corrected chi connectivity index (χ0v) is 16.1. The van der Waals surface area contributed by atoms with Crippen molar-refractivity contribution < 1.29 is 17.6 Å². The van der Waals surface area contributed by atoms with Crippen LogP contribution >= 0.6 is 0 Å². The van der Waals surface area contributed by atoms with Crippen molar-refractivity contribution in [2.45, 2.75) is 25.4 Å². The fraction of sp³-hybridized carbons (Fsp3) is 0.611. The molecule has 0 bridgehead atoms. The highest BCUT2D eigenvalue weighted by atomic mass is 32.2. The lowest BCUT2D eigenvalue weighted by Gasteiger charge is -2.40. The van der Waals surface area contributed by atoms with Crippen molar-refractivity contribution in [2.24, 2.45) is 0 Å². The molecule has 8 heteroatoms. The lowest BCUT2D eigenvalue weighted by Crippen LogP contribution is -2.55. The van der Waals surface area contributed by atoms with E-state index in [2.05, 4.69) is 4.90 Å². The highest BCUT2D eigenvalue weighted by Gasteiger charge is 2.36. The molecule has 3 rings (SSSR count). The van der Waals surface area contributed by atoms with E-state index < -0.39 is 9.84 Å². The molecule has 0 radical (unpaired) electrons. The van der Waals surface area contributed by atoms with E-state index in [-0.39, 0.29) is 35.3 Å². The van der Waals surface area contributed by atoms with Gasteiger partial charge in [-0.1, -0.05) is 12.1 Å². The topological polar surface area (TPSA) is 60.9 Å². The Morgan fingerprint density at radius 2 is 1.88 bits per heavy atom. The molecule has 2 atom stereocenters. The number of amides is 1. The second-order valence-corrected chi connectivity index (χ2v) is 9.39. The summed E-state index contributed by atoms with van der Waals surface area (Å²) in [6.45, 7) is 4.50. The third-order valence-corrected chi connectivity index (χ3v) is 7.27. The van der Waals surface area contributed by atoms with Gasteiger partial charge in [-0.2, -0.15) is 0 Å². The highest BCUT2D eigenvalue weighted by Crippen LogP contribution is 2.22. The van der Waals surface area contributed by atoms with Crippen molar-refractivity contribution in [3.63, 3.8) is 0 Å². The largest absolute Gasteiger partial charge is 0.367 e. The van der Waals surface area contributed by atoms with Gasteiger partial charge in [0.15, 0.2) is 9.84 Å². The van der Waals surface area contributed by atoms with E-state index in [4.69, 9.17) is 0 Å². The summed E-state index contributed by atoms with van der Waals surface area (Å²) in [6, 6.07) is 6.18. The first-order valence-electron chi connectivity index (χ1n) is 8.99. The smallest absolute Gasteiger partial charge is 0.239 e. The van der Waals surface area contributed by atoms with Gasteiger partial charge in [-0.05, 0) is 25.5 Å². The van der Waals surface area contributed by atoms with Gasteiger partial charge in [0.2, 0.25) is 5.91 Å². The molecule has 2 saturated heterocycles. The number of nitrogens with zero attached hydrogens (tertiary/aromatic N) is 3. The first-order valence-corrected chi connectivity index (χ1v) is 10.8. The van der Waals surface area contributed by atoms with Gasteiger partial charge in [0, 0.05) is 39.3 Å². The van der Waals surface area contributed by atoms with Crippen LogP contribution in [0.15, 0.2) is 24.3 Å². The van der Waals surface area contributed by atoms with Crippen molar-refractivity contribution in [3.8, 4) is 0 Å². The predicted molar refractivity (Wildman–Crippen MR) is 99.5 cm³/mol. The minimum atomic E-state index is -3.02. The zero-order valence-electron chi connectivity index (χ0n) is 15.3. The number of carbonyl (C=O) groups excluding carboxylic acids is 1. The van der Waals surface area contributed by atoms with Crippen molar-refractivity contribution in [1.29, 1.82) is 0 Å². The zero-order chi connectivity index (χ0) is 18.9. The van der Waals surface area contributed by atoms with Crippen LogP contribution in [0.5, 0.6) is 0 Å². The molecule has 2 aliphatic heterocycles. The van der Waals surface area contributed by atoms with E-state index in [1.165, 1.54) is 6.07 Å². The van der Waals surface area contributed by atoms with Crippen LogP contribution in [0.25, 0.3) is 0 Å². The van der Waals surface area contributed by atoms with Crippen molar-refractivity contribution >= 4 is 21.4 Å². The van der Waals surface area contributed by atoms with Crippen LogP contribution in [0.3, 0.4) is 0 Å². The molecule has 0 saturated carbocycles. The molecule has 26 heavy (non-hydrogen) atoms. The van der Waals surface area contributed by atoms with Gasteiger partial charge in [-0.25, -0.2) is 12.8 Å². The molecule has 0 unspecified atom stereocenters. The Bertz CT molecular complexity index is 763. The fourth-order valence-corrected chi connectivity index (χ4v) is 5.54. The molecule has 144 valence electrons. The van der Waals surface area contributed by atoms with Gasteiger partial charge in [-0.15, -0.1) is 0 Å². The first-order chi connectivity index (χ1) is 12.3. The molecule has 2 aliphatic rings. The summed E-state index contributed by atoms with van der Waals surface area (Å²) in [7, 11) is -1.32. The number of sulfone groups is 1. The third-order valence-electron chi connectivity index (χ3n) is 5.52. The summed E-state index contributed by atoms with van der Waals surface area (Å²) >= 11 is 0. The molecular weight excluding hydrogens is 357 g/mol. The van der Waals surface area contributed by atoms with Crippen molar-refractivity contribution in [3.05, 3.63) is 30.1 Å². The van der Waals surface area contributed by atoms with Crippen LogP contribution in [0.2, 0.25) is 0 Å². The molecule has 0 aromatic heterocycles. The Balaban J connectivity index is 1.57. The number of halogens is 1. The number of para-hydroxylation sites is 1. The summed E-state index contributed by atoms with van der Waals surface area (Å²) < 4.78 is 37.2. The first kappa shape index (κ1) is 19.1. The monoisotopic (exact) mass is 383 g/mol. The Labute approximate surface area is 154 Å². The summed E-state index contributed by atoms with van der Waals surface area (Å²) in [6.07, 6.45) is 0.512. The summed E-state index contributed by atoms with van der Waals surface area (Å²) in [5.74, 6) is -0.0627. The Morgan fingerprint density at radius 3 is 2.46 bits per heavy atom. The highest BCUT2D eigenvalue weighted by molar-refractivity contribution is 7.91. The van der Waals surface area contributed by atoms with E-state index in [1.807, 2.05) is 17.9 Å². The normalized spacial score (nSPS) is 24.4. The van der Waals surface area contributed by atoms with Crippen LogP contribution in [-0.2, 0) is 14.6 Å². The number of rotatable bonds is 4. The molecule has 0 N–H and O–H groups in total. The van der Waals surface area contributed by atoms with Crippen molar-refractivity contribution in [2.75, 3.05) is 49.6 Å². The van der Waals surface area contributed by atoms with Gasteiger partial charge in [0.25, 0.3) is 0 Å². The van der Waals surface area contributed by atoms with Crippen LogP contribution in [-0.4, -0.2) is 80.9 Å². The lowest BCUT2D eigenvalue weighted by atomic mass is 10.1. The number of likely N-dealkylation sites (N-methyl/N-ethyl adjacent to an activating group) is 1. The number of hydrogen-bond donors (Lipinski definition) is 0. The minimum absolute atomic E-state index is 0.0496. The maximum absolute atomic E-state index is 13.9. The van der Waals surface area contributed by atoms with Gasteiger partial charge in [0.1, 0.15) is 5.82 Å². The molecule has 1 aromatic rings. The fourth-order valence-electron chi connectivity index (χ4n) is 3.77. The molecule has 0 aliphatic carbocycles. The summed E-state index contributed by atoms with van der Waals surface area (Å²) in [4.78, 5) is 18.4. The average molecular weight is 383 g/mol. The minimum Gasteiger partial charge on any atom is -0.367 e. The quantitative estimate of drug-likeness (QED) is 0.776. The van der Waals surface area contributed by atoms with Crippen LogP contribution < -0.4 is 4.90 Å². The van der Waals surface area contributed by atoms with Crippen LogP contribution in [0.1, 0.15) is 13.3 Å². The molecule has 6 nitrogen and oxygen atoms in total. The van der Waals surface area contributed by atoms with E-state index in [0.29, 0.717) is 38.3 Å². The average Bonchev–Trinajstić information content (AvgIpc) is 3.00. The second-order valence-electron chi connectivity index (χ2n) is 7.16. The third kappa shape index (κ3) is 4.01. The maximum atomic E-state index is 13.9. The number of anilines is 1. The van der Waals surface area contributed by atoms with Gasteiger partial charge >= 0.3 is 0 Å². The van der Waals surface area contributed by atoms with E-state index in [9.17, 15) is 17.6 Å². The summed E-state index contributed by atoms with van der Waals surface area (Å²) in [5.41, 5.74) is 0.597. The maximum Gasteiger partial charge on any atom is 0.239 e. The van der Waals surface area contributed by atoms with E-state index in [1.54, 1.807) is 24.1 Å². The molecule has 1 amide bonds. The SMILES string of the molecule is C[C@@H](C(=O)N(C)[C@H]1CCS(=O)(=O)C1)N1CCN(c2ccccc2F)CC1. The van der Waals surface area contributed by atoms with E-state index in [0.717, 1.165) is 0 Å². The Kier molecular flexibility index (Phi) is 5.53.